The molecule has 4 rings (SSSR count). The van der Waals surface area contributed by atoms with Crippen LogP contribution in [0.15, 0.2) is 60.5 Å². The summed E-state index contributed by atoms with van der Waals surface area (Å²) in [5, 5.41) is 0. The van der Waals surface area contributed by atoms with Gasteiger partial charge in [-0.25, -0.2) is 13.2 Å². The van der Waals surface area contributed by atoms with E-state index in [-0.39, 0.29) is 18.8 Å². The van der Waals surface area contributed by atoms with Gasteiger partial charge < -0.3 is 9.47 Å². The van der Waals surface area contributed by atoms with Crippen molar-refractivity contribution in [2.24, 2.45) is 0 Å². The fourth-order valence-corrected chi connectivity index (χ4v) is 4.44. The second kappa shape index (κ2) is 9.76. The fraction of sp³-hybridized carbons (Fsp3) is 0.333. The van der Waals surface area contributed by atoms with Crippen molar-refractivity contribution in [3.05, 3.63) is 94.4 Å². The van der Waals surface area contributed by atoms with Crippen molar-refractivity contribution in [3.63, 3.8) is 0 Å². The lowest BCUT2D eigenvalue weighted by molar-refractivity contribution is -0.196. The van der Waals surface area contributed by atoms with E-state index in [9.17, 15) is 8.78 Å². The van der Waals surface area contributed by atoms with Crippen LogP contribution in [0.4, 0.5) is 30.7 Å². The van der Waals surface area contributed by atoms with Crippen LogP contribution in [0.3, 0.4) is 0 Å². The van der Waals surface area contributed by atoms with Crippen molar-refractivity contribution >= 4 is 5.57 Å². The first kappa shape index (κ1) is 26.0. The topological polar surface area (TPSA) is 18.5 Å². The molecule has 2 aromatic rings. The number of rotatable bonds is 8. The third-order valence-corrected chi connectivity index (χ3v) is 6.27. The van der Waals surface area contributed by atoms with Crippen LogP contribution in [0.1, 0.15) is 42.0 Å². The number of fused-ring (bicyclic) bond motifs is 3. The van der Waals surface area contributed by atoms with Gasteiger partial charge in [0.15, 0.2) is 0 Å². The molecular formula is C27H23F7O2. The zero-order valence-corrected chi connectivity index (χ0v) is 19.3. The van der Waals surface area contributed by atoms with E-state index in [0.29, 0.717) is 18.4 Å². The Balaban J connectivity index is 1.68. The van der Waals surface area contributed by atoms with Crippen LogP contribution in [0.25, 0.3) is 5.57 Å². The summed E-state index contributed by atoms with van der Waals surface area (Å²) in [6.07, 6.45) is 2.18. The van der Waals surface area contributed by atoms with Gasteiger partial charge in [0, 0.05) is 18.2 Å². The molecule has 0 aliphatic heterocycles. The Morgan fingerprint density at radius 2 is 1.75 bits per heavy atom. The lowest BCUT2D eigenvalue weighted by atomic mass is 9.74. The second-order valence-corrected chi connectivity index (χ2v) is 8.50. The van der Waals surface area contributed by atoms with E-state index < -0.39 is 69.9 Å². The molecule has 0 spiro atoms. The standard InChI is InChI=1S/C27H23F7O2/c1-3-5-6-15-7-9-17(13-20(15)28)36-14-16-8-10-18-19-11-12-21(35-4-2)25(30)23(19)27(33,34)26(31,32)22(18)24(16)29/h3,7-11,13,21H,1,4-6,12,14H2,2H3. The highest BCUT2D eigenvalue weighted by atomic mass is 19.3. The van der Waals surface area contributed by atoms with Crippen molar-refractivity contribution in [2.45, 2.75) is 50.7 Å². The Hall–Kier alpha value is -3.07. The van der Waals surface area contributed by atoms with Crippen molar-refractivity contribution < 1.29 is 40.2 Å². The quantitative estimate of drug-likeness (QED) is 0.265. The Bertz CT molecular complexity index is 1250. The zero-order valence-electron chi connectivity index (χ0n) is 19.3. The molecular weight excluding hydrogens is 489 g/mol. The van der Waals surface area contributed by atoms with Gasteiger partial charge in [-0.05, 0) is 49.0 Å². The summed E-state index contributed by atoms with van der Waals surface area (Å²) < 4.78 is 115. The lowest BCUT2D eigenvalue weighted by Gasteiger charge is -2.39. The molecule has 2 aliphatic carbocycles. The van der Waals surface area contributed by atoms with Crippen LogP contribution >= 0.6 is 0 Å². The summed E-state index contributed by atoms with van der Waals surface area (Å²) in [5.41, 5.74) is -4.05. The number of alkyl halides is 4. The maximum atomic E-state index is 15.3. The molecule has 1 unspecified atom stereocenters. The molecule has 0 aromatic heterocycles. The maximum absolute atomic E-state index is 15.3. The van der Waals surface area contributed by atoms with Crippen LogP contribution < -0.4 is 4.74 Å². The summed E-state index contributed by atoms with van der Waals surface area (Å²) in [7, 11) is 0. The summed E-state index contributed by atoms with van der Waals surface area (Å²) in [4.78, 5) is 0. The van der Waals surface area contributed by atoms with Gasteiger partial charge in [0.2, 0.25) is 0 Å². The number of hydrogen-bond donors (Lipinski definition) is 0. The highest BCUT2D eigenvalue weighted by molar-refractivity contribution is 5.87. The van der Waals surface area contributed by atoms with Gasteiger partial charge in [-0.15, -0.1) is 6.58 Å². The summed E-state index contributed by atoms with van der Waals surface area (Å²) in [5.74, 6) is -13.7. The Morgan fingerprint density at radius 1 is 1.03 bits per heavy atom. The number of aryl methyl sites for hydroxylation is 1. The van der Waals surface area contributed by atoms with Crippen LogP contribution in [0, 0.1) is 11.6 Å². The van der Waals surface area contributed by atoms with E-state index in [1.54, 1.807) is 6.08 Å². The number of hydrogen-bond acceptors (Lipinski definition) is 2. The molecule has 2 aliphatic rings. The van der Waals surface area contributed by atoms with E-state index in [1.165, 1.54) is 19.1 Å². The highest BCUT2D eigenvalue weighted by Crippen LogP contribution is 2.59. The van der Waals surface area contributed by atoms with Gasteiger partial charge in [-0.1, -0.05) is 30.4 Å². The monoisotopic (exact) mass is 512 g/mol. The molecule has 0 saturated carbocycles. The minimum absolute atomic E-state index is 0.00741. The molecule has 9 heteroatoms. The van der Waals surface area contributed by atoms with Crippen LogP contribution in [0.2, 0.25) is 0 Å². The average molecular weight is 512 g/mol. The van der Waals surface area contributed by atoms with Gasteiger partial charge in [-0.3, -0.25) is 0 Å². The van der Waals surface area contributed by atoms with Crippen molar-refractivity contribution in [2.75, 3.05) is 6.61 Å². The summed E-state index contributed by atoms with van der Waals surface area (Å²) in [6.45, 7) is 4.46. The van der Waals surface area contributed by atoms with E-state index in [4.69, 9.17) is 9.47 Å². The lowest BCUT2D eigenvalue weighted by Crippen LogP contribution is -2.46. The van der Waals surface area contributed by atoms with Crippen LogP contribution in [0.5, 0.6) is 5.75 Å². The van der Waals surface area contributed by atoms with Gasteiger partial charge in [0.25, 0.3) is 0 Å². The Morgan fingerprint density at radius 3 is 2.42 bits per heavy atom. The van der Waals surface area contributed by atoms with E-state index in [0.717, 1.165) is 24.3 Å². The highest BCUT2D eigenvalue weighted by Gasteiger charge is 2.67. The van der Waals surface area contributed by atoms with E-state index in [1.807, 2.05) is 0 Å². The number of ether oxygens (including phenoxy) is 2. The Kier molecular flexibility index (Phi) is 7.05. The van der Waals surface area contributed by atoms with Gasteiger partial charge in [0.05, 0.1) is 11.1 Å². The molecule has 0 N–H and O–H groups in total. The normalized spacial score (nSPS) is 19.9. The molecule has 36 heavy (non-hydrogen) atoms. The minimum Gasteiger partial charge on any atom is -0.489 e. The van der Waals surface area contributed by atoms with Gasteiger partial charge >= 0.3 is 11.8 Å². The van der Waals surface area contributed by atoms with Crippen molar-refractivity contribution in [1.82, 2.24) is 0 Å². The molecule has 2 aromatic carbocycles. The SMILES string of the molecule is C=CCCc1ccc(OCc2ccc3c(c2F)C(F)(F)C(F)(F)C2=C(F)C(OCC)CC=C23)cc1F. The molecule has 0 amide bonds. The zero-order chi connectivity index (χ0) is 26.3. The number of allylic oxidation sites excluding steroid dienone is 3. The molecule has 0 radical (unpaired) electrons. The maximum Gasteiger partial charge on any atom is 0.343 e. The van der Waals surface area contributed by atoms with Crippen LogP contribution in [-0.4, -0.2) is 18.6 Å². The first-order chi connectivity index (χ1) is 17.0. The van der Waals surface area contributed by atoms with E-state index in [2.05, 4.69) is 6.58 Å². The summed E-state index contributed by atoms with van der Waals surface area (Å²) >= 11 is 0. The molecule has 0 fully saturated rings. The van der Waals surface area contributed by atoms with Crippen molar-refractivity contribution in [1.29, 1.82) is 0 Å². The smallest absolute Gasteiger partial charge is 0.343 e. The first-order valence-corrected chi connectivity index (χ1v) is 11.4. The summed E-state index contributed by atoms with van der Waals surface area (Å²) in [6, 6.07) is 6.12. The third-order valence-electron chi connectivity index (χ3n) is 6.27. The third kappa shape index (κ3) is 4.23. The molecule has 0 saturated heterocycles. The van der Waals surface area contributed by atoms with Crippen molar-refractivity contribution in [3.8, 4) is 5.75 Å². The average Bonchev–Trinajstić information content (AvgIpc) is 2.82. The number of benzene rings is 2. The first-order valence-electron chi connectivity index (χ1n) is 11.4. The molecule has 1 atom stereocenters. The van der Waals surface area contributed by atoms with Crippen LogP contribution in [-0.2, 0) is 23.7 Å². The molecule has 0 heterocycles. The predicted octanol–water partition coefficient (Wildman–Crippen LogP) is 7.82. The predicted molar refractivity (Wildman–Crippen MR) is 121 cm³/mol. The van der Waals surface area contributed by atoms with Gasteiger partial charge in [-0.2, -0.15) is 17.6 Å². The van der Waals surface area contributed by atoms with E-state index >= 15 is 22.0 Å². The minimum atomic E-state index is -5.04. The number of halogens is 7. The molecule has 192 valence electrons. The molecule has 0 bridgehead atoms. The molecule has 2 nitrogen and oxygen atoms in total. The largest absolute Gasteiger partial charge is 0.489 e. The second-order valence-electron chi connectivity index (χ2n) is 8.50. The van der Waals surface area contributed by atoms with Gasteiger partial charge in [0.1, 0.15) is 35.9 Å². The fourth-order valence-electron chi connectivity index (χ4n) is 4.44. The Labute approximate surface area is 203 Å².